The molecule has 2 aromatic carbocycles. The summed E-state index contributed by atoms with van der Waals surface area (Å²) in [6.07, 6.45) is 4.85. The third kappa shape index (κ3) is 4.90. The van der Waals surface area contributed by atoms with Gasteiger partial charge in [0.1, 0.15) is 11.6 Å². The number of aryl methyl sites for hydroxylation is 3. The quantitative estimate of drug-likeness (QED) is 0.443. The number of rotatable bonds is 7. The van der Waals surface area contributed by atoms with E-state index >= 15 is 0 Å². The first kappa shape index (κ1) is 22.5. The van der Waals surface area contributed by atoms with Gasteiger partial charge in [0.25, 0.3) is 0 Å². The molecule has 0 aliphatic rings. The van der Waals surface area contributed by atoms with E-state index in [0.29, 0.717) is 35.1 Å². The van der Waals surface area contributed by atoms with Crippen LogP contribution in [0.25, 0.3) is 11.3 Å². The van der Waals surface area contributed by atoms with E-state index in [9.17, 15) is 9.59 Å². The number of hydrogen-bond donors (Lipinski definition) is 1. The molecule has 4 aromatic rings. The third-order valence-electron chi connectivity index (χ3n) is 5.27. The van der Waals surface area contributed by atoms with E-state index in [1.54, 1.807) is 39.6 Å². The first-order valence-corrected chi connectivity index (χ1v) is 10.9. The van der Waals surface area contributed by atoms with Crippen LogP contribution in [0.1, 0.15) is 29.8 Å². The van der Waals surface area contributed by atoms with Gasteiger partial charge in [-0.15, -0.1) is 10.2 Å². The van der Waals surface area contributed by atoms with Crippen LogP contribution < -0.4 is 15.6 Å². The minimum absolute atomic E-state index is 0.137. The van der Waals surface area contributed by atoms with Gasteiger partial charge in [-0.1, -0.05) is 17.7 Å². The van der Waals surface area contributed by atoms with E-state index in [1.807, 2.05) is 26.0 Å². The van der Waals surface area contributed by atoms with E-state index in [2.05, 4.69) is 21.6 Å². The summed E-state index contributed by atoms with van der Waals surface area (Å²) in [5.41, 5.74) is 3.56. The van der Waals surface area contributed by atoms with E-state index in [1.165, 1.54) is 7.11 Å². The molecular formula is C24H24ClN5O3. The third-order valence-corrected chi connectivity index (χ3v) is 5.56. The first-order chi connectivity index (χ1) is 15.9. The lowest BCUT2D eigenvalue weighted by Gasteiger charge is -2.09. The lowest BCUT2D eigenvalue weighted by Crippen LogP contribution is -2.20. The van der Waals surface area contributed by atoms with E-state index < -0.39 is 0 Å². The molecule has 2 heterocycles. The fraction of sp³-hybridized carbons (Fsp3) is 0.250. The maximum absolute atomic E-state index is 13.0. The van der Waals surface area contributed by atoms with Gasteiger partial charge in [-0.3, -0.25) is 18.6 Å². The molecule has 0 saturated carbocycles. The minimum atomic E-state index is -0.240. The lowest BCUT2D eigenvalue weighted by atomic mass is 10.1. The molecule has 0 radical (unpaired) electrons. The van der Waals surface area contributed by atoms with Gasteiger partial charge in [0.2, 0.25) is 11.6 Å². The number of anilines is 1. The average Bonchev–Trinajstić information content (AvgIpc) is 3.17. The molecule has 0 aliphatic carbocycles. The molecule has 8 nitrogen and oxygen atoms in total. The molecule has 0 atom stereocenters. The number of carbonyl (C=O) groups excluding carboxylic acids is 1. The number of nitrogens with zero attached hydrogens (tertiary/aromatic N) is 4. The highest BCUT2D eigenvalue weighted by Crippen LogP contribution is 2.27. The van der Waals surface area contributed by atoms with Gasteiger partial charge in [0.05, 0.1) is 12.1 Å². The molecule has 1 amide bonds. The molecule has 2 aromatic heterocycles. The summed E-state index contributed by atoms with van der Waals surface area (Å²) in [5, 5.41) is 11.5. The maximum atomic E-state index is 13.0. The standard InChI is InChI=1S/C24H24ClN5O3/c1-15-11-16(2)13-18(12-15)29-9-10-30-21(27-28-23(30)24(29)32)5-4-6-22(31)26-17-7-8-20(33-3)19(25)14-17/h7-14H,4-6H2,1-3H3,(H,26,31). The van der Waals surface area contributed by atoms with Crippen molar-refractivity contribution in [1.29, 1.82) is 0 Å². The predicted octanol–water partition coefficient (Wildman–Crippen LogP) is 4.12. The zero-order chi connectivity index (χ0) is 23.5. The summed E-state index contributed by atoms with van der Waals surface area (Å²) >= 11 is 6.10. The van der Waals surface area contributed by atoms with Gasteiger partial charge in [0, 0.05) is 36.6 Å². The zero-order valence-corrected chi connectivity index (χ0v) is 19.4. The fourth-order valence-electron chi connectivity index (χ4n) is 3.77. The Bertz CT molecular complexity index is 1370. The van der Waals surface area contributed by atoms with Crippen LogP contribution in [-0.4, -0.2) is 32.2 Å². The summed E-state index contributed by atoms with van der Waals surface area (Å²) in [6.45, 7) is 3.99. The van der Waals surface area contributed by atoms with Crippen molar-refractivity contribution in [2.75, 3.05) is 12.4 Å². The van der Waals surface area contributed by atoms with Gasteiger partial charge in [-0.25, -0.2) is 0 Å². The Balaban J connectivity index is 1.43. The van der Waals surface area contributed by atoms with Gasteiger partial charge < -0.3 is 10.1 Å². The van der Waals surface area contributed by atoms with Crippen LogP contribution in [0.4, 0.5) is 5.69 Å². The van der Waals surface area contributed by atoms with Crippen molar-refractivity contribution >= 4 is 28.8 Å². The maximum Gasteiger partial charge on any atom is 0.300 e. The number of ether oxygens (including phenoxy) is 1. The highest BCUT2D eigenvalue weighted by Gasteiger charge is 2.13. The Morgan fingerprint density at radius 2 is 1.85 bits per heavy atom. The van der Waals surface area contributed by atoms with Crippen molar-refractivity contribution in [3.63, 3.8) is 0 Å². The first-order valence-electron chi connectivity index (χ1n) is 10.5. The highest BCUT2D eigenvalue weighted by molar-refractivity contribution is 6.32. The average molecular weight is 466 g/mol. The molecule has 0 saturated heterocycles. The van der Waals surface area contributed by atoms with Gasteiger partial charge in [0.15, 0.2) is 0 Å². The Kier molecular flexibility index (Phi) is 6.46. The fourth-order valence-corrected chi connectivity index (χ4v) is 4.03. The summed E-state index contributed by atoms with van der Waals surface area (Å²) in [7, 11) is 1.53. The number of benzene rings is 2. The summed E-state index contributed by atoms with van der Waals surface area (Å²) < 4.78 is 8.37. The molecule has 0 bridgehead atoms. The largest absolute Gasteiger partial charge is 0.495 e. The summed E-state index contributed by atoms with van der Waals surface area (Å²) in [4.78, 5) is 25.3. The van der Waals surface area contributed by atoms with Crippen LogP contribution in [-0.2, 0) is 11.2 Å². The smallest absolute Gasteiger partial charge is 0.300 e. The molecule has 0 spiro atoms. The van der Waals surface area contributed by atoms with Crippen molar-refractivity contribution < 1.29 is 9.53 Å². The van der Waals surface area contributed by atoms with E-state index in [4.69, 9.17) is 16.3 Å². The summed E-state index contributed by atoms with van der Waals surface area (Å²) in [5.74, 6) is 1.04. The van der Waals surface area contributed by atoms with Gasteiger partial charge in [-0.2, -0.15) is 0 Å². The number of nitrogens with one attached hydrogen (secondary N) is 1. The molecule has 33 heavy (non-hydrogen) atoms. The Hall–Kier alpha value is -3.65. The number of halogens is 1. The molecule has 170 valence electrons. The topological polar surface area (TPSA) is 90.5 Å². The molecule has 0 unspecified atom stereocenters. The van der Waals surface area contributed by atoms with Crippen molar-refractivity contribution in [3.8, 4) is 11.4 Å². The Morgan fingerprint density at radius 3 is 2.55 bits per heavy atom. The number of amides is 1. The number of carbonyl (C=O) groups is 1. The number of hydrogen-bond acceptors (Lipinski definition) is 5. The second-order valence-corrected chi connectivity index (χ2v) is 8.29. The van der Waals surface area contributed by atoms with Gasteiger partial charge >= 0.3 is 5.56 Å². The van der Waals surface area contributed by atoms with Gasteiger partial charge in [-0.05, 0) is 61.7 Å². The van der Waals surface area contributed by atoms with Crippen LogP contribution in [0.3, 0.4) is 0 Å². The predicted molar refractivity (Wildman–Crippen MR) is 128 cm³/mol. The molecule has 4 rings (SSSR count). The van der Waals surface area contributed by atoms with Crippen molar-refractivity contribution in [2.24, 2.45) is 0 Å². The molecule has 0 fully saturated rings. The molecule has 0 aliphatic heterocycles. The SMILES string of the molecule is COc1ccc(NC(=O)CCCc2nnc3c(=O)n(-c4cc(C)cc(C)c4)ccn23)cc1Cl. The number of aromatic nitrogens is 4. The number of methoxy groups -OCH3 is 1. The minimum Gasteiger partial charge on any atom is -0.495 e. The Morgan fingerprint density at radius 1 is 1.09 bits per heavy atom. The summed E-state index contributed by atoms with van der Waals surface area (Å²) in [6, 6.07) is 11.0. The monoisotopic (exact) mass is 465 g/mol. The van der Waals surface area contributed by atoms with Crippen molar-refractivity contribution in [3.05, 3.63) is 81.1 Å². The molecule has 9 heteroatoms. The Labute approximate surface area is 195 Å². The van der Waals surface area contributed by atoms with Crippen molar-refractivity contribution in [2.45, 2.75) is 33.1 Å². The van der Waals surface area contributed by atoms with E-state index in [0.717, 1.165) is 16.8 Å². The zero-order valence-electron chi connectivity index (χ0n) is 18.6. The normalized spacial score (nSPS) is 11.0. The van der Waals surface area contributed by atoms with Crippen LogP contribution in [0.2, 0.25) is 5.02 Å². The van der Waals surface area contributed by atoms with Crippen LogP contribution in [0.5, 0.6) is 5.75 Å². The second-order valence-electron chi connectivity index (χ2n) is 7.88. The number of fused-ring (bicyclic) bond motifs is 1. The lowest BCUT2D eigenvalue weighted by molar-refractivity contribution is -0.116. The van der Waals surface area contributed by atoms with Crippen LogP contribution in [0, 0.1) is 13.8 Å². The second kappa shape index (κ2) is 9.46. The van der Waals surface area contributed by atoms with Crippen molar-refractivity contribution in [1.82, 2.24) is 19.2 Å². The van der Waals surface area contributed by atoms with E-state index in [-0.39, 0.29) is 23.5 Å². The molecule has 1 N–H and O–H groups in total. The van der Waals surface area contributed by atoms with Crippen LogP contribution >= 0.6 is 11.6 Å². The molecular weight excluding hydrogens is 442 g/mol. The highest BCUT2D eigenvalue weighted by atomic mass is 35.5. The van der Waals surface area contributed by atoms with Crippen LogP contribution in [0.15, 0.2) is 53.6 Å².